The summed E-state index contributed by atoms with van der Waals surface area (Å²) in [5.41, 5.74) is 0.864. The van der Waals surface area contributed by atoms with Gasteiger partial charge in [0.2, 0.25) is 0 Å². The van der Waals surface area contributed by atoms with E-state index in [2.05, 4.69) is 4.98 Å². The molecule has 0 fully saturated rings. The molecule has 1 aromatic heterocycles. The van der Waals surface area contributed by atoms with Crippen molar-refractivity contribution < 1.29 is 4.79 Å². The molecule has 0 aliphatic rings. The zero-order valence-corrected chi connectivity index (χ0v) is 8.51. The van der Waals surface area contributed by atoms with E-state index < -0.39 is 0 Å². The Balaban J connectivity index is 2.95. The molecule has 0 bridgehead atoms. The summed E-state index contributed by atoms with van der Waals surface area (Å²) in [6.07, 6.45) is 3.76. The zero-order valence-electron chi connectivity index (χ0n) is 7.75. The van der Waals surface area contributed by atoms with Crippen molar-refractivity contribution in [1.29, 1.82) is 0 Å². The van der Waals surface area contributed by atoms with Gasteiger partial charge in [0.1, 0.15) is 5.78 Å². The normalized spacial score (nSPS) is 12.5. The third kappa shape index (κ3) is 2.28. The molecule has 0 radical (unpaired) electrons. The molecule has 0 spiro atoms. The van der Waals surface area contributed by atoms with E-state index in [0.717, 1.165) is 5.56 Å². The second-order valence-electron chi connectivity index (χ2n) is 2.94. The van der Waals surface area contributed by atoms with Crippen molar-refractivity contribution in [2.45, 2.75) is 26.2 Å². The van der Waals surface area contributed by atoms with Crippen LogP contribution in [0.25, 0.3) is 0 Å². The number of carbonyl (C=O) groups excluding carboxylic acids is 1. The average Bonchev–Trinajstić information content (AvgIpc) is 2.16. The lowest BCUT2D eigenvalue weighted by Crippen LogP contribution is -2.07. The predicted octanol–water partition coefficient (Wildman–Crippen LogP) is 2.82. The van der Waals surface area contributed by atoms with Crippen molar-refractivity contribution in [3.05, 3.63) is 29.0 Å². The van der Waals surface area contributed by atoms with Crippen LogP contribution in [0.2, 0.25) is 5.02 Å². The fraction of sp³-hybridized carbons (Fsp3) is 0.400. The van der Waals surface area contributed by atoms with Crippen LogP contribution in [0.4, 0.5) is 0 Å². The van der Waals surface area contributed by atoms with Crippen LogP contribution < -0.4 is 0 Å². The van der Waals surface area contributed by atoms with Gasteiger partial charge in [-0.1, -0.05) is 25.4 Å². The lowest BCUT2D eigenvalue weighted by Gasteiger charge is -2.10. The van der Waals surface area contributed by atoms with Crippen molar-refractivity contribution in [2.75, 3.05) is 0 Å². The lowest BCUT2D eigenvalue weighted by molar-refractivity contribution is -0.119. The predicted molar refractivity (Wildman–Crippen MR) is 53.0 cm³/mol. The van der Waals surface area contributed by atoms with Crippen LogP contribution in [0.5, 0.6) is 0 Å². The van der Waals surface area contributed by atoms with Crippen LogP contribution in [-0.2, 0) is 4.79 Å². The van der Waals surface area contributed by atoms with Crippen LogP contribution in [0.3, 0.4) is 0 Å². The quantitative estimate of drug-likeness (QED) is 0.746. The van der Waals surface area contributed by atoms with Gasteiger partial charge < -0.3 is 0 Å². The van der Waals surface area contributed by atoms with E-state index in [-0.39, 0.29) is 11.7 Å². The highest BCUT2D eigenvalue weighted by Gasteiger charge is 2.15. The molecule has 3 heteroatoms. The second kappa shape index (κ2) is 4.38. The number of halogens is 1. The van der Waals surface area contributed by atoms with Gasteiger partial charge in [-0.3, -0.25) is 9.78 Å². The maximum absolute atomic E-state index is 11.4. The average molecular weight is 198 g/mol. The van der Waals surface area contributed by atoms with E-state index in [0.29, 0.717) is 11.4 Å². The second-order valence-corrected chi connectivity index (χ2v) is 3.35. The van der Waals surface area contributed by atoms with Crippen LogP contribution in [0, 0.1) is 0 Å². The molecule has 0 saturated carbocycles. The molecule has 1 rings (SSSR count). The van der Waals surface area contributed by atoms with E-state index >= 15 is 0 Å². The number of rotatable bonds is 3. The topological polar surface area (TPSA) is 30.0 Å². The molecule has 0 aliphatic carbocycles. The summed E-state index contributed by atoms with van der Waals surface area (Å²) < 4.78 is 0. The van der Waals surface area contributed by atoms with Gasteiger partial charge in [-0.15, -0.1) is 0 Å². The Morgan fingerprint density at radius 3 is 2.92 bits per heavy atom. The smallest absolute Gasteiger partial charge is 0.139 e. The lowest BCUT2D eigenvalue weighted by atomic mass is 9.96. The standard InChI is InChI=1S/C10H12ClNO/c1-3-10(13)7(2)8-4-5-12-6-9(8)11/h4-7H,3H2,1-2H3. The molecular weight excluding hydrogens is 186 g/mol. The first-order chi connectivity index (χ1) is 6.16. The number of hydrogen-bond donors (Lipinski definition) is 0. The molecule has 0 aliphatic heterocycles. The van der Waals surface area contributed by atoms with E-state index in [1.807, 2.05) is 13.8 Å². The first-order valence-corrected chi connectivity index (χ1v) is 4.66. The number of hydrogen-bond acceptors (Lipinski definition) is 2. The molecule has 1 unspecified atom stereocenters. The first kappa shape index (κ1) is 10.2. The Hall–Kier alpha value is -0.890. The Labute approximate surface area is 82.9 Å². The van der Waals surface area contributed by atoms with E-state index in [4.69, 9.17) is 11.6 Å². The highest BCUT2D eigenvalue weighted by atomic mass is 35.5. The summed E-state index contributed by atoms with van der Waals surface area (Å²) in [6.45, 7) is 3.72. The summed E-state index contributed by atoms with van der Waals surface area (Å²) in [5.74, 6) is 0.0774. The van der Waals surface area contributed by atoms with Crippen molar-refractivity contribution in [1.82, 2.24) is 4.98 Å². The molecule has 0 amide bonds. The molecule has 1 heterocycles. The molecule has 0 saturated heterocycles. The summed E-state index contributed by atoms with van der Waals surface area (Å²) in [4.78, 5) is 15.3. The van der Waals surface area contributed by atoms with Gasteiger partial charge in [-0.2, -0.15) is 0 Å². The van der Waals surface area contributed by atoms with Gasteiger partial charge in [0.05, 0.1) is 5.02 Å². The fourth-order valence-corrected chi connectivity index (χ4v) is 1.50. The Kier molecular flexibility index (Phi) is 3.43. The highest BCUT2D eigenvalue weighted by Crippen LogP contribution is 2.24. The molecule has 0 aromatic carbocycles. The number of carbonyl (C=O) groups is 1. The number of aromatic nitrogens is 1. The molecule has 70 valence electrons. The zero-order chi connectivity index (χ0) is 9.84. The summed E-state index contributed by atoms with van der Waals surface area (Å²) >= 11 is 5.91. The van der Waals surface area contributed by atoms with Gasteiger partial charge in [0.15, 0.2) is 0 Å². The number of Topliss-reactive ketones (excluding diaryl/α,β-unsaturated/α-hetero) is 1. The first-order valence-electron chi connectivity index (χ1n) is 4.29. The molecule has 1 atom stereocenters. The van der Waals surface area contributed by atoms with Crippen molar-refractivity contribution >= 4 is 17.4 Å². The number of pyridine rings is 1. The van der Waals surface area contributed by atoms with Crippen LogP contribution in [0.15, 0.2) is 18.5 Å². The fourth-order valence-electron chi connectivity index (χ4n) is 1.22. The van der Waals surface area contributed by atoms with Gasteiger partial charge in [0.25, 0.3) is 0 Å². The maximum Gasteiger partial charge on any atom is 0.139 e. The van der Waals surface area contributed by atoms with Crippen LogP contribution >= 0.6 is 11.6 Å². The third-order valence-corrected chi connectivity index (χ3v) is 2.42. The van der Waals surface area contributed by atoms with Gasteiger partial charge >= 0.3 is 0 Å². The molecule has 1 aromatic rings. The molecule has 13 heavy (non-hydrogen) atoms. The van der Waals surface area contributed by atoms with Crippen molar-refractivity contribution in [3.63, 3.8) is 0 Å². The molecule has 2 nitrogen and oxygen atoms in total. The minimum absolute atomic E-state index is 0.125. The van der Waals surface area contributed by atoms with E-state index in [9.17, 15) is 4.79 Å². The Bertz CT molecular complexity index is 312. The van der Waals surface area contributed by atoms with Crippen molar-refractivity contribution in [2.24, 2.45) is 0 Å². The van der Waals surface area contributed by atoms with Crippen LogP contribution in [-0.4, -0.2) is 10.8 Å². The van der Waals surface area contributed by atoms with E-state index in [1.54, 1.807) is 18.5 Å². The van der Waals surface area contributed by atoms with Gasteiger partial charge in [0, 0.05) is 24.7 Å². The molecular formula is C10H12ClNO. The van der Waals surface area contributed by atoms with Gasteiger partial charge in [-0.05, 0) is 11.6 Å². The largest absolute Gasteiger partial charge is 0.299 e. The monoisotopic (exact) mass is 197 g/mol. The Morgan fingerprint density at radius 1 is 1.69 bits per heavy atom. The number of nitrogens with zero attached hydrogens (tertiary/aromatic N) is 1. The van der Waals surface area contributed by atoms with Crippen molar-refractivity contribution in [3.8, 4) is 0 Å². The van der Waals surface area contributed by atoms with Gasteiger partial charge in [-0.25, -0.2) is 0 Å². The summed E-state index contributed by atoms with van der Waals surface area (Å²) in [6, 6.07) is 1.79. The Morgan fingerprint density at radius 2 is 2.38 bits per heavy atom. The van der Waals surface area contributed by atoms with Crippen LogP contribution in [0.1, 0.15) is 31.7 Å². The minimum Gasteiger partial charge on any atom is -0.299 e. The van der Waals surface area contributed by atoms with E-state index in [1.165, 1.54) is 0 Å². The SMILES string of the molecule is CCC(=O)C(C)c1ccncc1Cl. The minimum atomic E-state index is -0.125. The maximum atomic E-state index is 11.4. The number of ketones is 1. The third-order valence-electron chi connectivity index (χ3n) is 2.10. The summed E-state index contributed by atoms with van der Waals surface area (Å²) in [5, 5.41) is 0.566. The highest BCUT2D eigenvalue weighted by molar-refractivity contribution is 6.31. The molecule has 0 N–H and O–H groups in total. The summed E-state index contributed by atoms with van der Waals surface area (Å²) in [7, 11) is 0.